The normalized spacial score (nSPS) is 11.7. The smallest absolute Gasteiger partial charge is 0.364 e. The minimum Gasteiger partial charge on any atom is -0.364 e. The van der Waals surface area contributed by atoms with Crippen molar-refractivity contribution in [2.75, 3.05) is 0 Å². The Morgan fingerprint density at radius 3 is 2.50 bits per heavy atom. The van der Waals surface area contributed by atoms with Crippen molar-refractivity contribution in [1.82, 2.24) is 15.4 Å². The van der Waals surface area contributed by atoms with E-state index in [1.807, 2.05) is 5.21 Å². The Morgan fingerprint density at radius 1 is 1.30 bits per heavy atom. The minimum atomic E-state index is -4.80. The first-order valence-electron chi connectivity index (χ1n) is 4.99. The molecule has 20 heavy (non-hydrogen) atoms. The number of aromatic nitrogens is 3. The number of nitrogens with one attached hydrogen (secondary N) is 1. The summed E-state index contributed by atoms with van der Waals surface area (Å²) in [6.45, 7) is 0. The van der Waals surface area contributed by atoms with Gasteiger partial charge in [-0.25, -0.2) is 4.39 Å². The quantitative estimate of drug-likeness (QED) is 0.835. The minimum absolute atomic E-state index is 0.314. The molecule has 0 spiro atoms. The molecular formula is C10H5ClF4N4O. The molecule has 0 aliphatic heterocycles. The molecule has 0 atom stereocenters. The van der Waals surface area contributed by atoms with Crippen LogP contribution in [-0.4, -0.2) is 21.3 Å². The fourth-order valence-corrected chi connectivity index (χ4v) is 1.81. The molecular weight excluding hydrogens is 304 g/mol. The van der Waals surface area contributed by atoms with E-state index in [0.29, 0.717) is 6.07 Å². The van der Waals surface area contributed by atoms with E-state index >= 15 is 0 Å². The van der Waals surface area contributed by atoms with E-state index in [1.165, 1.54) is 0 Å². The van der Waals surface area contributed by atoms with E-state index in [4.69, 9.17) is 17.3 Å². The Balaban J connectivity index is 2.63. The van der Waals surface area contributed by atoms with Gasteiger partial charge in [0.25, 0.3) is 5.91 Å². The maximum atomic E-state index is 13.9. The zero-order chi connectivity index (χ0) is 15.1. The third-order valence-electron chi connectivity index (χ3n) is 2.42. The predicted molar refractivity (Wildman–Crippen MR) is 60.3 cm³/mol. The molecule has 3 N–H and O–H groups in total. The molecule has 106 valence electrons. The molecule has 1 amide bonds. The van der Waals surface area contributed by atoms with Gasteiger partial charge in [-0.05, 0) is 12.1 Å². The lowest BCUT2D eigenvalue weighted by Crippen LogP contribution is -2.13. The summed E-state index contributed by atoms with van der Waals surface area (Å²) in [5.41, 5.74) is 2.53. The summed E-state index contributed by atoms with van der Waals surface area (Å²) in [7, 11) is 0. The first kappa shape index (κ1) is 14.3. The number of nitrogens with zero attached hydrogens (tertiary/aromatic N) is 2. The summed E-state index contributed by atoms with van der Waals surface area (Å²) in [6, 6.07) is 1.38. The zero-order valence-corrected chi connectivity index (χ0v) is 10.2. The summed E-state index contributed by atoms with van der Waals surface area (Å²) in [4.78, 5) is 11.0. The van der Waals surface area contributed by atoms with Crippen molar-refractivity contribution in [3.63, 3.8) is 0 Å². The summed E-state index contributed by atoms with van der Waals surface area (Å²) in [5.74, 6) is -2.37. The fourth-order valence-electron chi connectivity index (χ4n) is 1.54. The SMILES string of the molecule is NC(=O)c1n[nH]nc1-c1ccc(C(F)(F)F)c(Cl)c1F. The average molecular weight is 309 g/mol. The third-order valence-corrected chi connectivity index (χ3v) is 2.79. The molecule has 2 aromatic rings. The van der Waals surface area contributed by atoms with E-state index in [0.717, 1.165) is 6.07 Å². The number of H-pyrrole nitrogens is 1. The van der Waals surface area contributed by atoms with Gasteiger partial charge in [-0.15, -0.1) is 0 Å². The Kier molecular flexibility index (Phi) is 3.38. The van der Waals surface area contributed by atoms with Crippen molar-refractivity contribution < 1.29 is 22.4 Å². The Morgan fingerprint density at radius 2 is 1.95 bits per heavy atom. The van der Waals surface area contributed by atoms with Crippen LogP contribution in [0.5, 0.6) is 0 Å². The molecule has 2 rings (SSSR count). The molecule has 0 unspecified atom stereocenters. The predicted octanol–water partition coefficient (Wildman–Crippen LogP) is 2.38. The van der Waals surface area contributed by atoms with Gasteiger partial charge in [0.15, 0.2) is 11.5 Å². The number of hydrogen-bond acceptors (Lipinski definition) is 3. The highest BCUT2D eigenvalue weighted by molar-refractivity contribution is 6.32. The highest BCUT2D eigenvalue weighted by Crippen LogP contribution is 2.39. The molecule has 0 saturated heterocycles. The zero-order valence-electron chi connectivity index (χ0n) is 9.42. The van der Waals surface area contributed by atoms with Crippen molar-refractivity contribution in [1.29, 1.82) is 0 Å². The van der Waals surface area contributed by atoms with E-state index in [9.17, 15) is 22.4 Å². The van der Waals surface area contributed by atoms with Crippen LogP contribution in [0.4, 0.5) is 17.6 Å². The second-order valence-corrected chi connectivity index (χ2v) is 4.05. The second kappa shape index (κ2) is 4.75. The van der Waals surface area contributed by atoms with Crippen LogP contribution in [0.25, 0.3) is 11.3 Å². The first-order valence-corrected chi connectivity index (χ1v) is 5.37. The van der Waals surface area contributed by atoms with Gasteiger partial charge in [0.1, 0.15) is 5.69 Å². The fraction of sp³-hybridized carbons (Fsp3) is 0.100. The summed E-state index contributed by atoms with van der Waals surface area (Å²) < 4.78 is 51.6. The molecule has 1 aromatic heterocycles. The molecule has 5 nitrogen and oxygen atoms in total. The van der Waals surface area contributed by atoms with Crippen LogP contribution in [0, 0.1) is 5.82 Å². The third kappa shape index (κ3) is 2.31. The topological polar surface area (TPSA) is 84.7 Å². The van der Waals surface area contributed by atoms with Gasteiger partial charge in [0.2, 0.25) is 0 Å². The van der Waals surface area contributed by atoms with Crippen LogP contribution in [0.1, 0.15) is 16.1 Å². The Bertz CT molecular complexity index is 682. The van der Waals surface area contributed by atoms with Crippen LogP contribution < -0.4 is 5.73 Å². The number of carbonyl (C=O) groups is 1. The van der Waals surface area contributed by atoms with Gasteiger partial charge in [0.05, 0.1) is 10.6 Å². The Hall–Kier alpha value is -2.16. The molecule has 0 saturated carbocycles. The van der Waals surface area contributed by atoms with E-state index in [1.54, 1.807) is 0 Å². The molecule has 1 aromatic carbocycles. The number of hydrogen-bond donors (Lipinski definition) is 2. The molecule has 0 bridgehead atoms. The lowest BCUT2D eigenvalue weighted by Gasteiger charge is -2.11. The lowest BCUT2D eigenvalue weighted by molar-refractivity contribution is -0.137. The van der Waals surface area contributed by atoms with Gasteiger partial charge in [-0.1, -0.05) is 11.6 Å². The second-order valence-electron chi connectivity index (χ2n) is 3.67. The number of amides is 1. The molecule has 1 heterocycles. The van der Waals surface area contributed by atoms with Crippen LogP contribution >= 0.6 is 11.6 Å². The maximum absolute atomic E-state index is 13.9. The molecule has 0 fully saturated rings. The van der Waals surface area contributed by atoms with Crippen LogP contribution in [-0.2, 0) is 6.18 Å². The van der Waals surface area contributed by atoms with Crippen LogP contribution in [0.3, 0.4) is 0 Å². The van der Waals surface area contributed by atoms with E-state index in [2.05, 4.69) is 10.2 Å². The number of halogens is 5. The van der Waals surface area contributed by atoms with Crippen LogP contribution in [0.15, 0.2) is 12.1 Å². The van der Waals surface area contributed by atoms with Crippen LogP contribution in [0.2, 0.25) is 5.02 Å². The number of carbonyl (C=O) groups excluding carboxylic acids is 1. The standard InChI is InChI=1S/C10H5ClF4N4O/c11-5-4(10(13,14)15)2-1-3(6(5)12)7-8(9(16)20)18-19-17-7/h1-2H,(H2,16,20)(H,17,18,19). The number of aromatic amines is 1. The molecule has 0 aliphatic rings. The number of primary amides is 1. The van der Waals surface area contributed by atoms with Gasteiger partial charge < -0.3 is 5.73 Å². The van der Waals surface area contributed by atoms with Gasteiger partial charge in [0, 0.05) is 5.56 Å². The Labute approximate surface area is 113 Å². The number of nitrogens with two attached hydrogens (primary N) is 1. The summed E-state index contributed by atoms with van der Waals surface area (Å²) in [5, 5.41) is 7.80. The highest BCUT2D eigenvalue weighted by atomic mass is 35.5. The van der Waals surface area contributed by atoms with Crippen molar-refractivity contribution in [3.8, 4) is 11.3 Å². The van der Waals surface area contributed by atoms with Crippen molar-refractivity contribution in [3.05, 3.63) is 34.2 Å². The van der Waals surface area contributed by atoms with Crippen molar-refractivity contribution in [2.24, 2.45) is 5.73 Å². The molecule has 0 radical (unpaired) electrons. The summed E-state index contributed by atoms with van der Waals surface area (Å²) in [6.07, 6.45) is -4.80. The number of rotatable bonds is 2. The lowest BCUT2D eigenvalue weighted by atomic mass is 10.1. The van der Waals surface area contributed by atoms with Gasteiger partial charge in [-0.2, -0.15) is 28.6 Å². The van der Waals surface area contributed by atoms with E-state index in [-0.39, 0.29) is 5.69 Å². The number of benzene rings is 1. The van der Waals surface area contributed by atoms with Crippen molar-refractivity contribution in [2.45, 2.75) is 6.18 Å². The average Bonchev–Trinajstić information content (AvgIpc) is 2.79. The first-order chi connectivity index (χ1) is 9.23. The van der Waals surface area contributed by atoms with E-state index < -0.39 is 39.7 Å². The van der Waals surface area contributed by atoms with Gasteiger partial charge in [-0.3, -0.25) is 4.79 Å². The largest absolute Gasteiger partial charge is 0.417 e. The monoisotopic (exact) mass is 308 g/mol. The molecule has 10 heteroatoms. The number of alkyl halides is 3. The summed E-state index contributed by atoms with van der Waals surface area (Å²) >= 11 is 5.36. The maximum Gasteiger partial charge on any atom is 0.417 e. The van der Waals surface area contributed by atoms with Gasteiger partial charge >= 0.3 is 6.18 Å². The van der Waals surface area contributed by atoms with Crippen molar-refractivity contribution >= 4 is 17.5 Å². The molecule has 0 aliphatic carbocycles. The highest BCUT2D eigenvalue weighted by Gasteiger charge is 2.35.